The van der Waals surface area contributed by atoms with Crippen LogP contribution in [0.5, 0.6) is 0 Å². The summed E-state index contributed by atoms with van der Waals surface area (Å²) in [5, 5.41) is 13.4. The van der Waals surface area contributed by atoms with Crippen molar-refractivity contribution in [2.24, 2.45) is 5.92 Å². The molecular weight excluding hydrogens is 258 g/mol. The number of amides is 1. The highest BCUT2D eigenvalue weighted by molar-refractivity contribution is 5.96. The van der Waals surface area contributed by atoms with E-state index in [0.29, 0.717) is 24.4 Å². The number of nitrogens with zero attached hydrogens (tertiary/aromatic N) is 3. The first kappa shape index (κ1) is 14.6. The molecule has 2 heterocycles. The third-order valence-corrected chi connectivity index (χ3v) is 3.74. The second-order valence-corrected chi connectivity index (χ2v) is 5.47. The maximum atomic E-state index is 12.4. The van der Waals surface area contributed by atoms with Crippen LogP contribution in [0.3, 0.4) is 0 Å². The van der Waals surface area contributed by atoms with Crippen LogP contribution in [0.1, 0.15) is 43.5 Å². The van der Waals surface area contributed by atoms with Gasteiger partial charge in [0.25, 0.3) is 5.91 Å². The van der Waals surface area contributed by atoms with Gasteiger partial charge in [-0.15, -0.1) is 0 Å². The molecule has 1 aromatic rings. The summed E-state index contributed by atoms with van der Waals surface area (Å²) in [6.07, 6.45) is 5.52. The summed E-state index contributed by atoms with van der Waals surface area (Å²) in [4.78, 5) is 25.3. The highest BCUT2D eigenvalue weighted by atomic mass is 16.4. The molecule has 1 aromatic heterocycles. The second-order valence-electron chi connectivity index (χ2n) is 5.47. The van der Waals surface area contributed by atoms with Crippen LogP contribution in [0.4, 0.5) is 0 Å². The van der Waals surface area contributed by atoms with Crippen molar-refractivity contribution in [1.82, 2.24) is 14.7 Å². The zero-order chi connectivity index (χ0) is 14.7. The number of carboxylic acids is 1. The molecule has 1 amide bonds. The molecule has 1 saturated heterocycles. The standard InChI is InChI=1S/C14H21N3O3/c1-3-5-16-9-11(8-15-16)13(18)17-6-4-10(2)7-12(17)14(19)20/h8-10,12H,3-7H2,1-2H3,(H,19,20). The highest BCUT2D eigenvalue weighted by Gasteiger charge is 2.35. The van der Waals surface area contributed by atoms with Gasteiger partial charge in [0, 0.05) is 19.3 Å². The molecule has 0 radical (unpaired) electrons. The lowest BCUT2D eigenvalue weighted by Crippen LogP contribution is -2.49. The van der Waals surface area contributed by atoms with Crippen molar-refractivity contribution in [3.8, 4) is 0 Å². The van der Waals surface area contributed by atoms with Crippen molar-refractivity contribution in [2.45, 2.75) is 45.7 Å². The Balaban J connectivity index is 2.15. The number of piperidine rings is 1. The topological polar surface area (TPSA) is 75.4 Å². The summed E-state index contributed by atoms with van der Waals surface area (Å²) >= 11 is 0. The Bertz CT molecular complexity index is 498. The number of aromatic nitrogens is 2. The first-order valence-corrected chi connectivity index (χ1v) is 7.09. The summed E-state index contributed by atoms with van der Waals surface area (Å²) in [7, 11) is 0. The first-order valence-electron chi connectivity index (χ1n) is 7.09. The van der Waals surface area contributed by atoms with Crippen molar-refractivity contribution in [2.75, 3.05) is 6.54 Å². The molecule has 6 nitrogen and oxygen atoms in total. The third kappa shape index (κ3) is 3.00. The van der Waals surface area contributed by atoms with Crippen molar-refractivity contribution in [3.63, 3.8) is 0 Å². The Morgan fingerprint density at radius 3 is 2.90 bits per heavy atom. The molecule has 0 aliphatic carbocycles. The number of aliphatic carboxylic acids is 1. The molecule has 0 bridgehead atoms. The molecular formula is C14H21N3O3. The van der Waals surface area contributed by atoms with Crippen molar-refractivity contribution < 1.29 is 14.7 Å². The number of aryl methyl sites for hydroxylation is 1. The second kappa shape index (κ2) is 6.07. The number of hydrogen-bond donors (Lipinski definition) is 1. The number of carboxylic acid groups (broad SMARTS) is 1. The van der Waals surface area contributed by atoms with Crippen LogP contribution in [-0.2, 0) is 11.3 Å². The molecule has 6 heteroatoms. The van der Waals surface area contributed by atoms with E-state index in [4.69, 9.17) is 0 Å². The molecule has 0 spiro atoms. The van der Waals surface area contributed by atoms with Gasteiger partial charge in [-0.2, -0.15) is 5.10 Å². The molecule has 0 aromatic carbocycles. The number of likely N-dealkylation sites (tertiary alicyclic amines) is 1. The summed E-state index contributed by atoms with van der Waals surface area (Å²) < 4.78 is 1.72. The molecule has 2 atom stereocenters. The summed E-state index contributed by atoms with van der Waals surface area (Å²) in [6, 6.07) is -0.722. The zero-order valence-corrected chi connectivity index (χ0v) is 12.0. The summed E-state index contributed by atoms with van der Waals surface area (Å²) in [5.41, 5.74) is 0.472. The van der Waals surface area contributed by atoms with Crippen LogP contribution >= 0.6 is 0 Å². The van der Waals surface area contributed by atoms with Gasteiger partial charge in [-0.25, -0.2) is 4.79 Å². The Labute approximate surface area is 118 Å². The Morgan fingerprint density at radius 2 is 2.25 bits per heavy atom. The van der Waals surface area contributed by atoms with E-state index in [2.05, 4.69) is 5.10 Å². The maximum absolute atomic E-state index is 12.4. The van der Waals surface area contributed by atoms with Crippen molar-refractivity contribution >= 4 is 11.9 Å². The van der Waals surface area contributed by atoms with Crippen molar-refractivity contribution in [1.29, 1.82) is 0 Å². The molecule has 20 heavy (non-hydrogen) atoms. The van der Waals surface area contributed by atoms with Crippen LogP contribution in [0.2, 0.25) is 0 Å². The molecule has 1 aliphatic rings. The molecule has 2 rings (SSSR count). The fourth-order valence-corrected chi connectivity index (χ4v) is 2.61. The SMILES string of the molecule is CCCn1cc(C(=O)N2CCC(C)CC2C(=O)O)cn1. The molecule has 0 saturated carbocycles. The van der Waals surface area contributed by atoms with Gasteiger partial charge in [-0.05, 0) is 25.2 Å². The van der Waals surface area contributed by atoms with Crippen molar-refractivity contribution in [3.05, 3.63) is 18.0 Å². The predicted octanol–water partition coefficient (Wildman–Crippen LogP) is 1.62. The van der Waals surface area contributed by atoms with E-state index in [0.717, 1.165) is 19.4 Å². The average molecular weight is 279 g/mol. The van der Waals surface area contributed by atoms with Gasteiger partial charge in [0.2, 0.25) is 0 Å². The minimum absolute atomic E-state index is 0.230. The van der Waals surface area contributed by atoms with Crippen LogP contribution in [0.25, 0.3) is 0 Å². The molecule has 1 fully saturated rings. The molecule has 1 aliphatic heterocycles. The van der Waals surface area contributed by atoms with E-state index >= 15 is 0 Å². The average Bonchev–Trinajstić information content (AvgIpc) is 2.87. The zero-order valence-electron chi connectivity index (χ0n) is 12.0. The lowest BCUT2D eigenvalue weighted by molar-refractivity contribution is -0.144. The first-order chi connectivity index (χ1) is 9.52. The Kier molecular flexibility index (Phi) is 4.42. The lowest BCUT2D eigenvalue weighted by Gasteiger charge is -2.35. The maximum Gasteiger partial charge on any atom is 0.326 e. The summed E-state index contributed by atoms with van der Waals surface area (Å²) in [5.74, 6) is -0.819. The van der Waals surface area contributed by atoms with Gasteiger partial charge in [-0.1, -0.05) is 13.8 Å². The van der Waals surface area contributed by atoms with E-state index < -0.39 is 12.0 Å². The minimum atomic E-state index is -0.925. The lowest BCUT2D eigenvalue weighted by atomic mass is 9.92. The Hall–Kier alpha value is -1.85. The van der Waals surface area contributed by atoms with Gasteiger partial charge in [0.1, 0.15) is 6.04 Å². The van der Waals surface area contributed by atoms with Gasteiger partial charge in [0.05, 0.1) is 11.8 Å². The van der Waals surface area contributed by atoms with Crippen LogP contribution < -0.4 is 0 Å². The molecule has 2 unspecified atom stereocenters. The number of rotatable bonds is 4. The predicted molar refractivity (Wildman–Crippen MR) is 73.4 cm³/mol. The van der Waals surface area contributed by atoms with E-state index in [9.17, 15) is 14.7 Å². The van der Waals surface area contributed by atoms with Crippen LogP contribution in [-0.4, -0.2) is 44.3 Å². The van der Waals surface area contributed by atoms with Gasteiger partial charge in [-0.3, -0.25) is 9.48 Å². The van der Waals surface area contributed by atoms with E-state index in [-0.39, 0.29) is 5.91 Å². The molecule has 110 valence electrons. The number of carbonyl (C=O) groups is 2. The van der Waals surface area contributed by atoms with E-state index in [1.807, 2.05) is 13.8 Å². The highest BCUT2D eigenvalue weighted by Crippen LogP contribution is 2.24. The van der Waals surface area contributed by atoms with Gasteiger partial charge < -0.3 is 10.0 Å². The fourth-order valence-electron chi connectivity index (χ4n) is 2.61. The smallest absolute Gasteiger partial charge is 0.326 e. The monoisotopic (exact) mass is 279 g/mol. The fraction of sp³-hybridized carbons (Fsp3) is 0.643. The minimum Gasteiger partial charge on any atom is -0.480 e. The summed E-state index contributed by atoms with van der Waals surface area (Å²) in [6.45, 7) is 5.31. The molecule has 1 N–H and O–H groups in total. The van der Waals surface area contributed by atoms with E-state index in [1.165, 1.54) is 11.1 Å². The van der Waals surface area contributed by atoms with Crippen LogP contribution in [0, 0.1) is 5.92 Å². The largest absolute Gasteiger partial charge is 0.480 e. The quantitative estimate of drug-likeness (QED) is 0.908. The normalized spacial score (nSPS) is 22.8. The number of carbonyl (C=O) groups excluding carboxylic acids is 1. The van der Waals surface area contributed by atoms with E-state index in [1.54, 1.807) is 10.9 Å². The number of hydrogen-bond acceptors (Lipinski definition) is 3. The third-order valence-electron chi connectivity index (χ3n) is 3.74. The Morgan fingerprint density at radius 1 is 1.50 bits per heavy atom. The van der Waals surface area contributed by atoms with Gasteiger partial charge in [0.15, 0.2) is 0 Å². The van der Waals surface area contributed by atoms with Gasteiger partial charge >= 0.3 is 5.97 Å². The van der Waals surface area contributed by atoms with Crippen LogP contribution in [0.15, 0.2) is 12.4 Å².